The van der Waals surface area contributed by atoms with Crippen LogP contribution in [0.5, 0.6) is 17.2 Å². The van der Waals surface area contributed by atoms with E-state index in [2.05, 4.69) is 4.99 Å². The van der Waals surface area contributed by atoms with Gasteiger partial charge in [0.2, 0.25) is 0 Å². The number of esters is 1. The molecule has 5 rings (SSSR count). The van der Waals surface area contributed by atoms with Crippen LogP contribution in [0.4, 0.5) is 0 Å². The lowest BCUT2D eigenvalue weighted by atomic mass is 9.95. The van der Waals surface area contributed by atoms with E-state index >= 15 is 0 Å². The van der Waals surface area contributed by atoms with Crippen LogP contribution < -0.4 is 29.1 Å². The average Bonchev–Trinajstić information content (AvgIpc) is 3.29. The molecule has 0 saturated heterocycles. The van der Waals surface area contributed by atoms with Crippen molar-refractivity contribution in [2.45, 2.75) is 26.5 Å². The molecule has 8 nitrogen and oxygen atoms in total. The van der Waals surface area contributed by atoms with Gasteiger partial charge in [-0.1, -0.05) is 58.8 Å². The van der Waals surface area contributed by atoms with Gasteiger partial charge >= 0.3 is 5.97 Å². The highest BCUT2D eigenvalue weighted by Crippen LogP contribution is 2.36. The van der Waals surface area contributed by atoms with Gasteiger partial charge in [-0.2, -0.15) is 0 Å². The van der Waals surface area contributed by atoms with E-state index in [0.717, 1.165) is 11.1 Å². The summed E-state index contributed by atoms with van der Waals surface area (Å²) < 4.78 is 24.2. The van der Waals surface area contributed by atoms with E-state index in [4.69, 9.17) is 42.1 Å². The number of allylic oxidation sites excluding steroid dienone is 1. The Morgan fingerprint density at radius 1 is 1.05 bits per heavy atom. The maximum Gasteiger partial charge on any atom is 0.338 e. The summed E-state index contributed by atoms with van der Waals surface area (Å²) in [5.41, 5.74) is 2.67. The number of hydrogen-bond donors (Lipinski definition) is 0. The third kappa shape index (κ3) is 6.34. The Bertz CT molecular complexity index is 1910. The predicted octanol–water partition coefficient (Wildman–Crippen LogP) is 5.70. The Hall–Kier alpha value is -4.05. The lowest BCUT2D eigenvalue weighted by Crippen LogP contribution is -2.39. The normalized spacial score (nSPS) is 14.7. The fourth-order valence-electron chi connectivity index (χ4n) is 4.78. The van der Waals surface area contributed by atoms with Crippen molar-refractivity contribution < 1.29 is 23.7 Å². The van der Waals surface area contributed by atoms with Crippen molar-refractivity contribution in [1.29, 1.82) is 0 Å². The molecule has 4 aromatic rings. The molecule has 0 N–H and O–H groups in total. The quantitative estimate of drug-likeness (QED) is 0.219. The molecule has 3 aromatic carbocycles. The largest absolute Gasteiger partial charge is 0.493 e. The van der Waals surface area contributed by atoms with Crippen LogP contribution in [-0.4, -0.2) is 31.4 Å². The number of fused-ring (bicyclic) bond motifs is 1. The highest BCUT2D eigenvalue weighted by Gasteiger charge is 2.34. The molecular weight excluding hydrogens is 611 g/mol. The first kappa shape index (κ1) is 30.4. The van der Waals surface area contributed by atoms with Crippen molar-refractivity contribution in [3.8, 4) is 17.2 Å². The summed E-state index contributed by atoms with van der Waals surface area (Å²) in [5.74, 6) is 1.06. The summed E-state index contributed by atoms with van der Waals surface area (Å²) in [6.07, 6.45) is 1.78. The molecule has 43 heavy (non-hydrogen) atoms. The highest BCUT2D eigenvalue weighted by molar-refractivity contribution is 7.07. The van der Waals surface area contributed by atoms with E-state index in [1.54, 1.807) is 57.4 Å². The number of aromatic nitrogens is 1. The fourth-order valence-corrected chi connectivity index (χ4v) is 6.28. The molecule has 222 valence electrons. The number of thiazole rings is 1. The second-order valence-corrected chi connectivity index (χ2v) is 11.4. The van der Waals surface area contributed by atoms with Crippen LogP contribution in [0.3, 0.4) is 0 Å². The number of benzene rings is 3. The number of ether oxygens (including phenoxy) is 4. The number of halogens is 2. The number of hydrogen-bond acceptors (Lipinski definition) is 8. The lowest BCUT2D eigenvalue weighted by molar-refractivity contribution is -0.139. The molecule has 0 amide bonds. The smallest absolute Gasteiger partial charge is 0.338 e. The summed E-state index contributed by atoms with van der Waals surface area (Å²) in [6.45, 7) is 3.91. The molecular formula is C32H28Cl2N2O6S. The van der Waals surface area contributed by atoms with Gasteiger partial charge in [0.25, 0.3) is 5.56 Å². The van der Waals surface area contributed by atoms with Crippen LogP contribution in [0.25, 0.3) is 6.08 Å². The first-order valence-corrected chi connectivity index (χ1v) is 14.9. The topological polar surface area (TPSA) is 88.4 Å². The van der Waals surface area contributed by atoms with E-state index in [1.165, 1.54) is 23.0 Å². The van der Waals surface area contributed by atoms with E-state index in [0.29, 0.717) is 47.9 Å². The molecule has 0 unspecified atom stereocenters. The summed E-state index contributed by atoms with van der Waals surface area (Å²) in [4.78, 5) is 32.3. The van der Waals surface area contributed by atoms with E-state index in [9.17, 15) is 9.59 Å². The minimum absolute atomic E-state index is 0.182. The lowest BCUT2D eigenvalue weighted by Gasteiger charge is -2.25. The van der Waals surface area contributed by atoms with Gasteiger partial charge in [-0.05, 0) is 67.4 Å². The third-order valence-corrected chi connectivity index (χ3v) is 8.38. The molecule has 0 spiro atoms. The second kappa shape index (κ2) is 13.1. The van der Waals surface area contributed by atoms with Crippen LogP contribution in [0.1, 0.15) is 36.6 Å². The van der Waals surface area contributed by atoms with Gasteiger partial charge in [-0.15, -0.1) is 0 Å². The van der Waals surface area contributed by atoms with Gasteiger partial charge < -0.3 is 18.9 Å². The van der Waals surface area contributed by atoms with E-state index in [-0.39, 0.29) is 24.3 Å². The highest BCUT2D eigenvalue weighted by atomic mass is 35.5. The van der Waals surface area contributed by atoms with Gasteiger partial charge in [-0.3, -0.25) is 9.36 Å². The zero-order valence-corrected chi connectivity index (χ0v) is 26.2. The summed E-state index contributed by atoms with van der Waals surface area (Å²) in [7, 11) is 3.07. The Balaban J connectivity index is 1.56. The Labute approximate surface area is 262 Å². The first-order chi connectivity index (χ1) is 20.7. The van der Waals surface area contributed by atoms with Crippen molar-refractivity contribution in [2.24, 2.45) is 4.99 Å². The minimum Gasteiger partial charge on any atom is -0.493 e. The number of carbonyl (C=O) groups excluding carboxylic acids is 1. The van der Waals surface area contributed by atoms with E-state index < -0.39 is 12.0 Å². The maximum absolute atomic E-state index is 14.0. The maximum atomic E-state index is 14.0. The fraction of sp³-hybridized carbons (Fsp3) is 0.219. The zero-order chi connectivity index (χ0) is 30.7. The minimum atomic E-state index is -0.781. The molecule has 1 aromatic heterocycles. The van der Waals surface area contributed by atoms with Gasteiger partial charge in [0.15, 0.2) is 16.3 Å². The van der Waals surface area contributed by atoms with Gasteiger partial charge in [0.1, 0.15) is 12.4 Å². The summed E-state index contributed by atoms with van der Waals surface area (Å²) >= 11 is 13.5. The van der Waals surface area contributed by atoms with Gasteiger partial charge in [0, 0.05) is 15.6 Å². The van der Waals surface area contributed by atoms with Crippen LogP contribution in [0.2, 0.25) is 10.0 Å². The monoisotopic (exact) mass is 638 g/mol. The summed E-state index contributed by atoms with van der Waals surface area (Å²) in [5, 5.41) is 1.07. The first-order valence-electron chi connectivity index (χ1n) is 13.3. The molecule has 0 saturated carbocycles. The Morgan fingerprint density at radius 3 is 2.56 bits per heavy atom. The molecule has 0 radical (unpaired) electrons. The SMILES string of the molecule is CCOC(=O)C1=C(C)N=c2s/c(=C\c3cccc(OCc4ccc(Cl)cc4Cl)c3)c(=O)n2[C@H]1c1ccc(OC)c(OC)c1. The third-order valence-electron chi connectivity index (χ3n) is 6.81. The van der Waals surface area contributed by atoms with Crippen LogP contribution >= 0.6 is 34.5 Å². The zero-order valence-electron chi connectivity index (χ0n) is 23.9. The number of carbonyl (C=O) groups is 1. The van der Waals surface area contributed by atoms with Crippen LogP contribution in [0, 0.1) is 0 Å². The number of nitrogens with zero attached hydrogens (tertiary/aromatic N) is 2. The molecule has 0 bridgehead atoms. The summed E-state index contributed by atoms with van der Waals surface area (Å²) in [6, 6.07) is 17.1. The molecule has 1 aliphatic heterocycles. The number of rotatable bonds is 9. The molecule has 0 aliphatic carbocycles. The molecule has 1 atom stereocenters. The molecule has 2 heterocycles. The average molecular weight is 640 g/mol. The molecule has 1 aliphatic rings. The van der Waals surface area contributed by atoms with Gasteiger partial charge in [0.05, 0.1) is 42.7 Å². The van der Waals surface area contributed by atoms with E-state index in [1.807, 2.05) is 30.3 Å². The van der Waals surface area contributed by atoms with Crippen LogP contribution in [0.15, 0.2) is 81.7 Å². The van der Waals surface area contributed by atoms with Crippen molar-refractivity contribution in [1.82, 2.24) is 4.57 Å². The predicted molar refractivity (Wildman–Crippen MR) is 167 cm³/mol. The van der Waals surface area contributed by atoms with Crippen molar-refractivity contribution in [2.75, 3.05) is 20.8 Å². The standard InChI is InChI=1S/C32H28Cl2N2O6S/c1-5-41-31(38)28-18(2)35-32-36(29(28)20-10-12-25(39-3)26(15-20)40-4)30(37)27(43-32)14-19-7-6-8-23(13-19)42-17-21-9-11-22(33)16-24(21)34/h6-16,29H,5,17H2,1-4H3/b27-14-/t29-/m0/s1. The van der Waals surface area contributed by atoms with Crippen molar-refractivity contribution in [3.63, 3.8) is 0 Å². The van der Waals surface area contributed by atoms with Crippen molar-refractivity contribution in [3.05, 3.63) is 118 Å². The second-order valence-electron chi connectivity index (χ2n) is 9.51. The van der Waals surface area contributed by atoms with Gasteiger partial charge in [-0.25, -0.2) is 9.79 Å². The Morgan fingerprint density at radius 2 is 1.84 bits per heavy atom. The van der Waals surface area contributed by atoms with Crippen molar-refractivity contribution >= 4 is 46.6 Å². The number of methoxy groups -OCH3 is 2. The molecule has 0 fully saturated rings. The Kier molecular flexibility index (Phi) is 9.25. The molecule has 11 heteroatoms. The van der Waals surface area contributed by atoms with Crippen LogP contribution in [-0.2, 0) is 16.1 Å².